The molecule has 4 rings (SSSR count). The van der Waals surface area contributed by atoms with Gasteiger partial charge in [-0.05, 0) is 61.3 Å². The molecule has 0 saturated heterocycles. The van der Waals surface area contributed by atoms with Crippen LogP contribution in [0.3, 0.4) is 0 Å². The molecule has 0 amide bonds. The van der Waals surface area contributed by atoms with E-state index in [4.69, 9.17) is 0 Å². The molecule has 0 heterocycles. The van der Waals surface area contributed by atoms with Gasteiger partial charge in [0.2, 0.25) is 0 Å². The van der Waals surface area contributed by atoms with Crippen LogP contribution in [0.2, 0.25) is 18.6 Å². The SMILES string of the molecule is [CH2+]C1CC2C=C3C(=CC2C1[Si](C)(C)NC(C)(C)C)c1ccccc1C3(C)C. The Morgan fingerprint density at radius 3 is 2.44 bits per heavy atom. The van der Waals surface area contributed by atoms with E-state index in [-0.39, 0.29) is 11.0 Å². The fourth-order valence-electron chi connectivity index (χ4n) is 6.53. The van der Waals surface area contributed by atoms with Crippen LogP contribution in [0.15, 0.2) is 42.0 Å². The third-order valence-electron chi connectivity index (χ3n) is 7.12. The molecule has 2 heteroatoms. The molecule has 3 aliphatic carbocycles. The van der Waals surface area contributed by atoms with Crippen molar-refractivity contribution in [1.29, 1.82) is 0 Å². The first kappa shape index (κ1) is 19.1. The zero-order valence-electron chi connectivity index (χ0n) is 18.2. The van der Waals surface area contributed by atoms with E-state index in [0.29, 0.717) is 23.3 Å². The molecule has 0 spiro atoms. The molecule has 0 aliphatic heterocycles. The lowest BCUT2D eigenvalue weighted by atomic mass is 9.76. The van der Waals surface area contributed by atoms with Crippen molar-refractivity contribution in [2.24, 2.45) is 17.8 Å². The summed E-state index contributed by atoms with van der Waals surface area (Å²) in [5, 5.41) is 0. The second-order valence-electron chi connectivity index (χ2n) is 11.2. The smallest absolute Gasteiger partial charge is 0.128 e. The van der Waals surface area contributed by atoms with Crippen LogP contribution in [-0.4, -0.2) is 13.8 Å². The second kappa shape index (κ2) is 5.87. The van der Waals surface area contributed by atoms with Gasteiger partial charge in [-0.1, -0.05) is 63.4 Å². The lowest BCUT2D eigenvalue weighted by Gasteiger charge is -2.41. The number of hydrogen-bond donors (Lipinski definition) is 1. The lowest BCUT2D eigenvalue weighted by molar-refractivity contribution is 0.480. The zero-order valence-corrected chi connectivity index (χ0v) is 19.2. The molecule has 144 valence electrons. The van der Waals surface area contributed by atoms with E-state index in [0.717, 1.165) is 0 Å². The molecule has 1 aromatic carbocycles. The van der Waals surface area contributed by atoms with Crippen molar-refractivity contribution < 1.29 is 0 Å². The molecule has 1 nitrogen and oxygen atoms in total. The molecule has 4 atom stereocenters. The summed E-state index contributed by atoms with van der Waals surface area (Å²) in [6.07, 6.45) is 6.53. The van der Waals surface area contributed by atoms with Crippen LogP contribution in [0.1, 0.15) is 52.2 Å². The van der Waals surface area contributed by atoms with Gasteiger partial charge in [0, 0.05) is 16.5 Å². The fourth-order valence-corrected chi connectivity index (χ4v) is 11.3. The highest BCUT2D eigenvalue weighted by molar-refractivity contribution is 6.76. The molecule has 0 bridgehead atoms. The first-order valence-corrected chi connectivity index (χ1v) is 13.7. The van der Waals surface area contributed by atoms with Crippen LogP contribution in [0.25, 0.3) is 5.57 Å². The topological polar surface area (TPSA) is 12.0 Å². The van der Waals surface area contributed by atoms with Crippen molar-refractivity contribution in [2.45, 2.75) is 70.6 Å². The molecule has 0 aromatic heterocycles. The van der Waals surface area contributed by atoms with Gasteiger partial charge in [0.25, 0.3) is 0 Å². The van der Waals surface area contributed by atoms with E-state index >= 15 is 0 Å². The average molecular weight is 379 g/mol. The Kier molecular flexibility index (Phi) is 4.15. The molecule has 1 N–H and O–H groups in total. The third-order valence-corrected chi connectivity index (χ3v) is 11.0. The maximum Gasteiger partial charge on any atom is 0.128 e. The first-order valence-electron chi connectivity index (χ1n) is 10.6. The minimum Gasteiger partial charge on any atom is -0.332 e. The number of benzene rings is 1. The standard InChI is InChI=1S/C25H36NSi/c1-16-13-17-14-22-20(18-11-9-10-12-21(18)25(22,5)6)15-19(17)23(16)27(7,8)26-24(2,3)4/h9-12,14-17,19,23,26H,1,13H2,2-8H3/q+1. The summed E-state index contributed by atoms with van der Waals surface area (Å²) in [5.74, 6) is 1.82. The summed E-state index contributed by atoms with van der Waals surface area (Å²) < 4.78 is 0. The Labute approximate surface area is 167 Å². The molecular weight excluding hydrogens is 342 g/mol. The largest absolute Gasteiger partial charge is 0.332 e. The summed E-state index contributed by atoms with van der Waals surface area (Å²) in [6.45, 7) is 21.4. The average Bonchev–Trinajstić information content (AvgIpc) is 2.96. The van der Waals surface area contributed by atoms with Crippen molar-refractivity contribution in [2.75, 3.05) is 0 Å². The van der Waals surface area contributed by atoms with Crippen LogP contribution in [0, 0.1) is 24.7 Å². The Bertz CT molecular complexity index is 821. The van der Waals surface area contributed by atoms with E-state index < -0.39 is 8.24 Å². The Hall–Kier alpha value is -1.25. The van der Waals surface area contributed by atoms with E-state index in [1.165, 1.54) is 23.1 Å². The summed E-state index contributed by atoms with van der Waals surface area (Å²) in [6, 6.07) is 9.04. The van der Waals surface area contributed by atoms with Gasteiger partial charge in [0.15, 0.2) is 0 Å². The van der Waals surface area contributed by atoms with Crippen molar-refractivity contribution in [3.05, 3.63) is 60.0 Å². The molecule has 1 fully saturated rings. The van der Waals surface area contributed by atoms with Gasteiger partial charge in [-0.15, -0.1) is 0 Å². The Morgan fingerprint density at radius 1 is 1.11 bits per heavy atom. The zero-order chi connectivity index (χ0) is 19.8. The van der Waals surface area contributed by atoms with Crippen molar-refractivity contribution in [1.82, 2.24) is 4.98 Å². The molecule has 27 heavy (non-hydrogen) atoms. The van der Waals surface area contributed by atoms with Gasteiger partial charge in [0.1, 0.15) is 8.24 Å². The third kappa shape index (κ3) is 2.96. The van der Waals surface area contributed by atoms with E-state index in [1.807, 2.05) is 0 Å². The van der Waals surface area contributed by atoms with Gasteiger partial charge < -0.3 is 4.98 Å². The quantitative estimate of drug-likeness (QED) is 0.467. The molecular formula is C25H36NSi+. The molecule has 1 aromatic rings. The van der Waals surface area contributed by atoms with Crippen molar-refractivity contribution in [3.8, 4) is 0 Å². The fraction of sp³-hybridized carbons (Fsp3) is 0.560. The van der Waals surface area contributed by atoms with Gasteiger partial charge in [-0.25, -0.2) is 0 Å². The minimum absolute atomic E-state index is 0.124. The monoisotopic (exact) mass is 378 g/mol. The maximum atomic E-state index is 4.65. The van der Waals surface area contributed by atoms with Gasteiger partial charge in [-0.3, -0.25) is 0 Å². The van der Waals surface area contributed by atoms with Crippen LogP contribution >= 0.6 is 0 Å². The lowest BCUT2D eigenvalue weighted by Crippen LogP contribution is -2.58. The van der Waals surface area contributed by atoms with Gasteiger partial charge in [0.05, 0.1) is 12.8 Å². The molecule has 0 radical (unpaired) electrons. The predicted octanol–water partition coefficient (Wildman–Crippen LogP) is 6.35. The minimum atomic E-state index is -1.63. The second-order valence-corrected chi connectivity index (χ2v) is 15.6. The normalized spacial score (nSPS) is 31.7. The van der Waals surface area contributed by atoms with Gasteiger partial charge >= 0.3 is 0 Å². The van der Waals surface area contributed by atoms with Crippen LogP contribution < -0.4 is 4.98 Å². The molecule has 3 aliphatic rings. The van der Waals surface area contributed by atoms with Crippen LogP contribution in [-0.2, 0) is 5.41 Å². The Balaban J connectivity index is 1.77. The molecule has 4 unspecified atom stereocenters. The summed E-state index contributed by atoms with van der Waals surface area (Å²) in [4.78, 5) is 4.04. The van der Waals surface area contributed by atoms with E-state index in [9.17, 15) is 0 Å². The maximum absolute atomic E-state index is 4.65. The van der Waals surface area contributed by atoms with Gasteiger partial charge in [-0.2, -0.15) is 0 Å². The predicted molar refractivity (Wildman–Crippen MR) is 120 cm³/mol. The van der Waals surface area contributed by atoms with Crippen LogP contribution in [0.5, 0.6) is 0 Å². The molecule has 1 saturated carbocycles. The summed E-state index contributed by atoms with van der Waals surface area (Å²) in [5.41, 5.74) is 6.99. The van der Waals surface area contributed by atoms with Crippen molar-refractivity contribution >= 4 is 13.8 Å². The van der Waals surface area contributed by atoms with E-state index in [2.05, 4.69) is 96.0 Å². The number of hydrogen-bond acceptors (Lipinski definition) is 1. The number of nitrogens with one attached hydrogen (secondary N) is 1. The number of allylic oxidation sites excluding steroid dienone is 4. The van der Waals surface area contributed by atoms with Crippen molar-refractivity contribution in [3.63, 3.8) is 0 Å². The van der Waals surface area contributed by atoms with E-state index in [1.54, 1.807) is 5.57 Å². The highest BCUT2D eigenvalue weighted by Crippen LogP contribution is 2.59. The number of rotatable bonds is 2. The highest BCUT2D eigenvalue weighted by Gasteiger charge is 2.54. The number of fused-ring (bicyclic) bond motifs is 4. The van der Waals surface area contributed by atoms with Crippen LogP contribution in [0.4, 0.5) is 0 Å². The first-order chi connectivity index (χ1) is 12.4. The highest BCUT2D eigenvalue weighted by atomic mass is 28.3. The summed E-state index contributed by atoms with van der Waals surface area (Å²) in [7, 11) is -1.63. The Morgan fingerprint density at radius 2 is 1.78 bits per heavy atom. The summed E-state index contributed by atoms with van der Waals surface area (Å²) >= 11 is 0.